The highest BCUT2D eigenvalue weighted by Gasteiger charge is 2.20. The predicted octanol–water partition coefficient (Wildman–Crippen LogP) is 4.57. The molecular weight excluding hydrogens is 334 g/mol. The lowest BCUT2D eigenvalue weighted by molar-refractivity contribution is 0.0992. The number of fused-ring (bicyclic) bond motifs is 1. The zero-order chi connectivity index (χ0) is 18.8. The van der Waals surface area contributed by atoms with Gasteiger partial charge in [0.15, 0.2) is 5.69 Å². The molecule has 0 radical (unpaired) electrons. The molecule has 1 aromatic heterocycles. The molecule has 0 bridgehead atoms. The predicted molar refractivity (Wildman–Crippen MR) is 97.5 cm³/mol. The molecule has 1 amide bonds. The minimum absolute atomic E-state index is 0.0243. The van der Waals surface area contributed by atoms with E-state index in [1.807, 2.05) is 19.9 Å². The molecule has 7 heteroatoms. The van der Waals surface area contributed by atoms with Gasteiger partial charge in [-0.2, -0.15) is 0 Å². The van der Waals surface area contributed by atoms with Crippen molar-refractivity contribution in [2.75, 3.05) is 7.11 Å². The number of aromatic nitrogens is 1. The lowest BCUT2D eigenvalue weighted by Crippen LogP contribution is -1.99. The zero-order valence-corrected chi connectivity index (χ0v) is 14.7. The topological polar surface area (TPSA) is 96.4 Å². The van der Waals surface area contributed by atoms with Crippen molar-refractivity contribution in [2.24, 2.45) is 10.2 Å². The monoisotopic (exact) mass is 353 g/mol. The molecule has 2 N–H and O–H groups in total. The van der Waals surface area contributed by atoms with Crippen molar-refractivity contribution in [1.29, 1.82) is 0 Å². The molecule has 0 fully saturated rings. The average Bonchev–Trinajstić information content (AvgIpc) is 2.90. The molecule has 1 heterocycles. The van der Waals surface area contributed by atoms with E-state index in [1.54, 1.807) is 35.9 Å². The van der Waals surface area contributed by atoms with Gasteiger partial charge in [0.2, 0.25) is 5.88 Å². The standard InChI is InChI=1S/C19H19N3O4/c1-11(2)22-15-9-8-12(26-3)10-14(15)17(19(22)25)20-21-18(24)13-6-4-5-7-16(13)23/h4-11,23,25H,1-3H3. The van der Waals surface area contributed by atoms with Gasteiger partial charge in [0, 0.05) is 11.4 Å². The van der Waals surface area contributed by atoms with E-state index >= 15 is 0 Å². The third kappa shape index (κ3) is 2.99. The van der Waals surface area contributed by atoms with E-state index in [4.69, 9.17) is 4.74 Å². The minimum atomic E-state index is -0.698. The van der Waals surface area contributed by atoms with E-state index in [-0.39, 0.29) is 28.9 Å². The summed E-state index contributed by atoms with van der Waals surface area (Å²) < 4.78 is 6.94. The van der Waals surface area contributed by atoms with Gasteiger partial charge in [-0.15, -0.1) is 10.2 Å². The summed E-state index contributed by atoms with van der Waals surface area (Å²) in [7, 11) is 1.55. The van der Waals surface area contributed by atoms with Crippen LogP contribution in [0.5, 0.6) is 17.4 Å². The second-order valence-corrected chi connectivity index (χ2v) is 6.04. The zero-order valence-electron chi connectivity index (χ0n) is 14.7. The molecule has 3 aromatic rings. The highest BCUT2D eigenvalue weighted by atomic mass is 16.5. The number of aromatic hydroxyl groups is 2. The first kappa shape index (κ1) is 17.5. The van der Waals surface area contributed by atoms with Crippen molar-refractivity contribution in [3.05, 3.63) is 48.0 Å². The molecule has 7 nitrogen and oxygen atoms in total. The SMILES string of the molecule is COc1ccc2c(c1)c(N=NC(=O)c1ccccc1O)c(O)n2C(C)C. The van der Waals surface area contributed by atoms with E-state index in [9.17, 15) is 15.0 Å². The molecule has 0 unspecified atom stereocenters. The van der Waals surface area contributed by atoms with Crippen LogP contribution in [0.1, 0.15) is 30.2 Å². The third-order valence-electron chi connectivity index (χ3n) is 4.05. The molecular formula is C19H19N3O4. The Hall–Kier alpha value is -3.35. The number of benzene rings is 2. The quantitative estimate of drug-likeness (QED) is 0.672. The minimum Gasteiger partial charge on any atom is -0.507 e. The molecule has 0 aliphatic carbocycles. The maximum Gasteiger partial charge on any atom is 0.299 e. The van der Waals surface area contributed by atoms with Crippen LogP contribution in [-0.4, -0.2) is 27.8 Å². The van der Waals surface area contributed by atoms with Crippen molar-refractivity contribution in [3.8, 4) is 17.4 Å². The number of azo groups is 1. The van der Waals surface area contributed by atoms with Crippen molar-refractivity contribution < 1.29 is 19.7 Å². The lowest BCUT2D eigenvalue weighted by Gasteiger charge is -2.10. The number of carbonyl (C=O) groups excluding carboxylic acids is 1. The fourth-order valence-corrected chi connectivity index (χ4v) is 2.82. The van der Waals surface area contributed by atoms with Crippen LogP contribution in [-0.2, 0) is 0 Å². The normalized spacial score (nSPS) is 11.5. The average molecular weight is 353 g/mol. The number of rotatable bonds is 4. The molecule has 26 heavy (non-hydrogen) atoms. The fraction of sp³-hybridized carbons (Fsp3) is 0.211. The van der Waals surface area contributed by atoms with E-state index in [0.29, 0.717) is 11.1 Å². The number of phenolic OH excluding ortho intramolecular Hbond substituents is 1. The van der Waals surface area contributed by atoms with Crippen LogP contribution in [0.2, 0.25) is 0 Å². The van der Waals surface area contributed by atoms with Gasteiger partial charge < -0.3 is 19.5 Å². The molecule has 0 aliphatic heterocycles. The number of ether oxygens (including phenoxy) is 1. The molecule has 0 atom stereocenters. The maximum atomic E-state index is 12.2. The number of carbonyl (C=O) groups is 1. The number of phenols is 1. The van der Waals surface area contributed by atoms with Crippen LogP contribution < -0.4 is 4.74 Å². The third-order valence-corrected chi connectivity index (χ3v) is 4.05. The van der Waals surface area contributed by atoms with E-state index in [1.165, 1.54) is 12.1 Å². The fourth-order valence-electron chi connectivity index (χ4n) is 2.82. The van der Waals surface area contributed by atoms with Crippen LogP contribution in [0, 0.1) is 0 Å². The highest BCUT2D eigenvalue weighted by molar-refractivity contribution is 5.99. The summed E-state index contributed by atoms with van der Waals surface area (Å²) in [6.45, 7) is 3.86. The van der Waals surface area contributed by atoms with Crippen molar-refractivity contribution in [3.63, 3.8) is 0 Å². The molecule has 0 saturated heterocycles. The van der Waals surface area contributed by atoms with Crippen molar-refractivity contribution in [1.82, 2.24) is 4.57 Å². The number of para-hydroxylation sites is 1. The maximum absolute atomic E-state index is 12.2. The van der Waals surface area contributed by atoms with E-state index in [2.05, 4.69) is 10.2 Å². The molecule has 3 rings (SSSR count). The Morgan fingerprint density at radius 2 is 1.88 bits per heavy atom. The second-order valence-electron chi connectivity index (χ2n) is 6.04. The van der Waals surface area contributed by atoms with Crippen molar-refractivity contribution >= 4 is 22.5 Å². The van der Waals surface area contributed by atoms with Crippen LogP contribution in [0.4, 0.5) is 5.69 Å². The first-order valence-corrected chi connectivity index (χ1v) is 8.09. The van der Waals surface area contributed by atoms with Gasteiger partial charge in [0.05, 0.1) is 18.2 Å². The Morgan fingerprint density at radius 1 is 1.15 bits per heavy atom. The van der Waals surface area contributed by atoms with Gasteiger partial charge in [-0.3, -0.25) is 4.79 Å². The van der Waals surface area contributed by atoms with Gasteiger partial charge in [0.1, 0.15) is 11.5 Å². The number of methoxy groups -OCH3 is 1. The second kappa shape index (κ2) is 6.87. The van der Waals surface area contributed by atoms with Crippen LogP contribution >= 0.6 is 0 Å². The van der Waals surface area contributed by atoms with Gasteiger partial charge in [-0.05, 0) is 44.2 Å². The largest absolute Gasteiger partial charge is 0.507 e. The lowest BCUT2D eigenvalue weighted by atomic mass is 10.2. The summed E-state index contributed by atoms with van der Waals surface area (Å²) in [5.74, 6) is -0.359. The van der Waals surface area contributed by atoms with E-state index in [0.717, 1.165) is 5.52 Å². The molecule has 0 spiro atoms. The molecule has 0 aliphatic rings. The Morgan fingerprint density at radius 3 is 2.54 bits per heavy atom. The first-order valence-electron chi connectivity index (χ1n) is 8.09. The summed E-state index contributed by atoms with van der Waals surface area (Å²) >= 11 is 0. The smallest absolute Gasteiger partial charge is 0.299 e. The molecule has 134 valence electrons. The summed E-state index contributed by atoms with van der Waals surface area (Å²) in [6.07, 6.45) is 0. The van der Waals surface area contributed by atoms with E-state index < -0.39 is 5.91 Å². The summed E-state index contributed by atoms with van der Waals surface area (Å²) in [4.78, 5) is 12.2. The molecule has 0 saturated carbocycles. The van der Waals surface area contributed by atoms with Gasteiger partial charge >= 0.3 is 0 Å². The Labute approximate surface area is 150 Å². The number of nitrogens with zero attached hydrogens (tertiary/aromatic N) is 3. The first-order chi connectivity index (χ1) is 12.4. The highest BCUT2D eigenvalue weighted by Crippen LogP contribution is 2.42. The summed E-state index contributed by atoms with van der Waals surface area (Å²) in [5.41, 5.74) is 0.972. The summed E-state index contributed by atoms with van der Waals surface area (Å²) in [6, 6.07) is 11.4. The Balaban J connectivity index is 2.11. The van der Waals surface area contributed by atoms with Gasteiger partial charge in [0.25, 0.3) is 5.91 Å². The van der Waals surface area contributed by atoms with Crippen LogP contribution in [0.3, 0.4) is 0 Å². The Bertz CT molecular complexity index is 1010. The number of hydrogen-bond acceptors (Lipinski definition) is 5. The molecule has 2 aromatic carbocycles. The Kier molecular flexibility index (Phi) is 4.62. The number of amides is 1. The number of hydrogen-bond donors (Lipinski definition) is 2. The van der Waals surface area contributed by atoms with Crippen LogP contribution in [0.25, 0.3) is 10.9 Å². The van der Waals surface area contributed by atoms with Crippen LogP contribution in [0.15, 0.2) is 52.7 Å². The summed E-state index contributed by atoms with van der Waals surface area (Å²) in [5, 5.41) is 28.6. The van der Waals surface area contributed by atoms with Crippen molar-refractivity contribution in [2.45, 2.75) is 19.9 Å². The van der Waals surface area contributed by atoms with Gasteiger partial charge in [-0.1, -0.05) is 12.1 Å². The van der Waals surface area contributed by atoms with Gasteiger partial charge in [-0.25, -0.2) is 0 Å².